The van der Waals surface area contributed by atoms with E-state index in [-0.39, 0.29) is 11.3 Å². The fourth-order valence-corrected chi connectivity index (χ4v) is 3.14. The molecule has 116 valence electrons. The fourth-order valence-electron chi connectivity index (χ4n) is 1.84. The quantitative estimate of drug-likeness (QED) is 0.931. The molecule has 2 aromatic carbocycles. The first-order chi connectivity index (χ1) is 10.2. The van der Waals surface area contributed by atoms with Gasteiger partial charge in [0.25, 0.3) is 10.0 Å². The van der Waals surface area contributed by atoms with Gasteiger partial charge in [-0.2, -0.15) is 0 Å². The van der Waals surface area contributed by atoms with Gasteiger partial charge in [-0.05, 0) is 36.4 Å². The van der Waals surface area contributed by atoms with Crippen molar-refractivity contribution in [3.05, 3.63) is 59.7 Å². The van der Waals surface area contributed by atoms with Gasteiger partial charge in [0.15, 0.2) is 4.90 Å². The summed E-state index contributed by atoms with van der Waals surface area (Å²) in [6.07, 6.45) is 0. The van der Waals surface area contributed by atoms with Crippen LogP contribution in [0.15, 0.2) is 47.4 Å². The van der Waals surface area contributed by atoms with Gasteiger partial charge in [0, 0.05) is 12.6 Å². The number of halogens is 2. The zero-order chi connectivity index (χ0) is 16.5. The van der Waals surface area contributed by atoms with Crippen molar-refractivity contribution in [3.8, 4) is 0 Å². The van der Waals surface area contributed by atoms with Crippen molar-refractivity contribution in [2.24, 2.45) is 5.73 Å². The van der Waals surface area contributed by atoms with Gasteiger partial charge < -0.3 is 5.73 Å². The molecule has 0 aliphatic rings. The average Bonchev–Trinajstić information content (AvgIpc) is 2.46. The first kappa shape index (κ1) is 15.9. The minimum absolute atomic E-state index is 0.132. The second kappa shape index (κ2) is 5.72. The molecule has 0 unspecified atom stereocenters. The standard InChI is InChI=1S/C14H12F2N2O3S/c1-18(10-7-5-9(6-8-10)14(17)19)22(20,21)13-11(15)3-2-4-12(13)16/h2-8H,1H3,(H2,17,19). The molecule has 0 saturated carbocycles. The lowest BCUT2D eigenvalue weighted by atomic mass is 10.2. The molecular formula is C14H12F2N2O3S. The summed E-state index contributed by atoms with van der Waals surface area (Å²) in [6, 6.07) is 8.07. The Labute approximate surface area is 126 Å². The largest absolute Gasteiger partial charge is 0.366 e. The summed E-state index contributed by atoms with van der Waals surface area (Å²) < 4.78 is 52.8. The van der Waals surface area contributed by atoms with E-state index in [0.717, 1.165) is 29.6 Å². The zero-order valence-electron chi connectivity index (χ0n) is 11.5. The SMILES string of the molecule is CN(c1ccc(C(N)=O)cc1)S(=O)(=O)c1c(F)cccc1F. The molecule has 0 spiro atoms. The minimum Gasteiger partial charge on any atom is -0.366 e. The first-order valence-corrected chi connectivity index (χ1v) is 7.52. The topological polar surface area (TPSA) is 80.5 Å². The van der Waals surface area contributed by atoms with E-state index in [4.69, 9.17) is 5.73 Å². The molecule has 0 saturated heterocycles. The van der Waals surface area contributed by atoms with Crippen LogP contribution in [-0.4, -0.2) is 21.4 Å². The van der Waals surface area contributed by atoms with Crippen LogP contribution in [0.25, 0.3) is 0 Å². The summed E-state index contributed by atoms with van der Waals surface area (Å²) in [4.78, 5) is 9.95. The molecule has 0 radical (unpaired) electrons. The molecule has 0 atom stereocenters. The molecule has 8 heteroatoms. The number of carbonyl (C=O) groups excluding carboxylic acids is 1. The van der Waals surface area contributed by atoms with Crippen molar-refractivity contribution < 1.29 is 22.0 Å². The van der Waals surface area contributed by atoms with Gasteiger partial charge in [-0.3, -0.25) is 9.10 Å². The number of primary amides is 1. The molecule has 2 aromatic rings. The fraction of sp³-hybridized carbons (Fsp3) is 0.0714. The lowest BCUT2D eigenvalue weighted by Gasteiger charge is -2.20. The minimum atomic E-state index is -4.42. The normalized spacial score (nSPS) is 11.2. The van der Waals surface area contributed by atoms with Crippen LogP contribution in [0.4, 0.5) is 14.5 Å². The van der Waals surface area contributed by atoms with Crippen LogP contribution < -0.4 is 10.0 Å². The molecule has 0 aliphatic heterocycles. The van der Waals surface area contributed by atoms with Crippen LogP contribution >= 0.6 is 0 Å². The van der Waals surface area contributed by atoms with Gasteiger partial charge in [-0.15, -0.1) is 0 Å². The molecule has 0 aromatic heterocycles. The highest BCUT2D eigenvalue weighted by Gasteiger charge is 2.28. The molecule has 5 nitrogen and oxygen atoms in total. The predicted octanol–water partition coefficient (Wildman–Crippen LogP) is 1.89. The molecule has 0 aliphatic carbocycles. The van der Waals surface area contributed by atoms with Crippen LogP contribution in [0.2, 0.25) is 0 Å². The van der Waals surface area contributed by atoms with Crippen LogP contribution in [0, 0.1) is 11.6 Å². The van der Waals surface area contributed by atoms with Crippen LogP contribution in [0.3, 0.4) is 0 Å². The summed E-state index contributed by atoms with van der Waals surface area (Å²) in [7, 11) is -3.27. The van der Waals surface area contributed by atoms with E-state index in [0.29, 0.717) is 0 Å². The van der Waals surface area contributed by atoms with Gasteiger partial charge in [-0.25, -0.2) is 17.2 Å². The number of nitrogens with zero attached hydrogens (tertiary/aromatic N) is 1. The maximum Gasteiger partial charge on any atom is 0.269 e. The molecular weight excluding hydrogens is 314 g/mol. The molecule has 0 bridgehead atoms. The Hall–Kier alpha value is -2.48. The van der Waals surface area contributed by atoms with Gasteiger partial charge in [0.1, 0.15) is 11.6 Å². The van der Waals surface area contributed by atoms with E-state index < -0.39 is 32.5 Å². The van der Waals surface area contributed by atoms with E-state index in [1.807, 2.05) is 0 Å². The third-order valence-corrected chi connectivity index (χ3v) is 4.89. The van der Waals surface area contributed by atoms with E-state index in [9.17, 15) is 22.0 Å². The third kappa shape index (κ3) is 2.77. The second-order valence-corrected chi connectivity index (χ2v) is 6.34. The van der Waals surface area contributed by atoms with Crippen LogP contribution in [0.1, 0.15) is 10.4 Å². The highest BCUT2D eigenvalue weighted by atomic mass is 32.2. The molecule has 22 heavy (non-hydrogen) atoms. The molecule has 1 amide bonds. The van der Waals surface area contributed by atoms with E-state index in [1.165, 1.54) is 24.3 Å². The molecule has 2 N–H and O–H groups in total. The maximum atomic E-state index is 13.7. The lowest BCUT2D eigenvalue weighted by Crippen LogP contribution is -2.28. The van der Waals surface area contributed by atoms with Gasteiger partial charge in [0.05, 0.1) is 5.69 Å². The number of nitrogens with two attached hydrogens (primary N) is 1. The van der Waals surface area contributed by atoms with Gasteiger partial charge in [0.2, 0.25) is 5.91 Å². The monoisotopic (exact) mass is 326 g/mol. The number of anilines is 1. The maximum absolute atomic E-state index is 13.7. The Morgan fingerprint density at radius 1 is 1.05 bits per heavy atom. The number of benzene rings is 2. The number of carbonyl (C=O) groups is 1. The smallest absolute Gasteiger partial charge is 0.269 e. The molecule has 0 heterocycles. The molecule has 2 rings (SSSR count). The van der Waals surface area contributed by atoms with Crippen molar-refractivity contribution in [2.45, 2.75) is 4.90 Å². The van der Waals surface area contributed by atoms with Crippen molar-refractivity contribution in [3.63, 3.8) is 0 Å². The van der Waals surface area contributed by atoms with Crippen molar-refractivity contribution in [1.29, 1.82) is 0 Å². The van der Waals surface area contributed by atoms with Crippen molar-refractivity contribution in [1.82, 2.24) is 0 Å². The Bertz CT molecular complexity index is 800. The zero-order valence-corrected chi connectivity index (χ0v) is 12.3. The molecule has 0 fully saturated rings. The summed E-state index contributed by atoms with van der Waals surface area (Å²) >= 11 is 0. The van der Waals surface area contributed by atoms with Crippen molar-refractivity contribution in [2.75, 3.05) is 11.4 Å². The Kier molecular flexibility index (Phi) is 4.14. The van der Waals surface area contributed by atoms with Gasteiger partial charge >= 0.3 is 0 Å². The predicted molar refractivity (Wildman–Crippen MR) is 76.9 cm³/mol. The Morgan fingerprint density at radius 2 is 1.55 bits per heavy atom. The summed E-state index contributed by atoms with van der Waals surface area (Å²) in [6.45, 7) is 0. The number of rotatable bonds is 4. The Morgan fingerprint density at radius 3 is 2.00 bits per heavy atom. The number of hydrogen-bond acceptors (Lipinski definition) is 3. The van der Waals surface area contributed by atoms with Crippen molar-refractivity contribution >= 4 is 21.6 Å². The van der Waals surface area contributed by atoms with Gasteiger partial charge in [-0.1, -0.05) is 6.07 Å². The first-order valence-electron chi connectivity index (χ1n) is 6.08. The third-order valence-electron chi connectivity index (χ3n) is 3.05. The highest BCUT2D eigenvalue weighted by Crippen LogP contribution is 2.26. The summed E-state index contributed by atoms with van der Waals surface area (Å²) in [5.41, 5.74) is 5.41. The lowest BCUT2D eigenvalue weighted by molar-refractivity contribution is 0.100. The average molecular weight is 326 g/mol. The van der Waals surface area contributed by atoms with E-state index in [2.05, 4.69) is 0 Å². The van der Waals surface area contributed by atoms with E-state index in [1.54, 1.807) is 0 Å². The number of hydrogen-bond donors (Lipinski definition) is 1. The number of sulfonamides is 1. The highest BCUT2D eigenvalue weighted by molar-refractivity contribution is 7.92. The number of amides is 1. The summed E-state index contributed by atoms with van der Waals surface area (Å²) in [5.74, 6) is -3.03. The summed E-state index contributed by atoms with van der Waals surface area (Å²) in [5, 5.41) is 0. The Balaban J connectivity index is 2.47. The van der Waals surface area contributed by atoms with Crippen LogP contribution in [-0.2, 0) is 10.0 Å². The van der Waals surface area contributed by atoms with Crippen LogP contribution in [0.5, 0.6) is 0 Å². The second-order valence-electron chi connectivity index (χ2n) is 4.43. The van der Waals surface area contributed by atoms with E-state index >= 15 is 0 Å².